The molecule has 0 atom stereocenters. The van der Waals surface area contributed by atoms with Crippen molar-refractivity contribution in [2.24, 2.45) is 0 Å². The third kappa shape index (κ3) is 5.45. The molecule has 2 aromatic heterocycles. The molecule has 152 valence electrons. The predicted molar refractivity (Wildman–Crippen MR) is 112 cm³/mol. The van der Waals surface area contributed by atoms with Gasteiger partial charge in [-0.3, -0.25) is 4.79 Å². The zero-order valence-corrected chi connectivity index (χ0v) is 17.4. The fourth-order valence-corrected chi connectivity index (χ4v) is 3.28. The van der Waals surface area contributed by atoms with Crippen molar-refractivity contribution in [2.45, 2.75) is 6.92 Å². The lowest BCUT2D eigenvalue weighted by Gasteiger charge is -2.13. The lowest BCUT2D eigenvalue weighted by molar-refractivity contribution is -0.124. The van der Waals surface area contributed by atoms with Crippen LogP contribution in [0.25, 0.3) is 23.2 Å². The fourth-order valence-electron chi connectivity index (χ4n) is 2.68. The highest BCUT2D eigenvalue weighted by molar-refractivity contribution is 7.90. The van der Waals surface area contributed by atoms with Gasteiger partial charge >= 0.3 is 0 Å². The second-order valence-corrected chi connectivity index (χ2v) is 9.11. The molecule has 0 aliphatic carbocycles. The number of aromatic nitrogens is 2. The largest absolute Gasteiger partial charge is 0.460 e. The van der Waals surface area contributed by atoms with Gasteiger partial charge in [0.15, 0.2) is 5.76 Å². The Kier molecular flexibility index (Phi) is 6.03. The van der Waals surface area contributed by atoms with Crippen molar-refractivity contribution in [3.8, 4) is 17.1 Å². The van der Waals surface area contributed by atoms with Gasteiger partial charge < -0.3 is 9.32 Å². The van der Waals surface area contributed by atoms with E-state index in [4.69, 9.17) is 4.42 Å². The third-order valence-electron chi connectivity index (χ3n) is 4.32. The summed E-state index contributed by atoms with van der Waals surface area (Å²) in [7, 11) is -1.56. The summed E-state index contributed by atoms with van der Waals surface area (Å²) in [6.07, 6.45) is 6.05. The normalized spacial score (nSPS) is 11.8. The third-order valence-corrected chi connectivity index (χ3v) is 5.24. The van der Waals surface area contributed by atoms with E-state index in [2.05, 4.69) is 5.10 Å². The molecule has 0 radical (unpaired) electrons. The van der Waals surface area contributed by atoms with Gasteiger partial charge in [-0.15, -0.1) is 0 Å². The van der Waals surface area contributed by atoms with E-state index in [-0.39, 0.29) is 18.2 Å². The molecule has 0 fully saturated rings. The van der Waals surface area contributed by atoms with Gasteiger partial charge in [-0.1, -0.05) is 18.2 Å². The summed E-state index contributed by atoms with van der Waals surface area (Å²) in [5.41, 5.74) is 2.21. The summed E-state index contributed by atoms with van der Waals surface area (Å²) >= 11 is 0. The first kappa shape index (κ1) is 20.6. The minimum Gasteiger partial charge on any atom is -0.460 e. The lowest BCUT2D eigenvalue weighted by Crippen LogP contribution is -2.29. The fraction of sp³-hybridized carbons (Fsp3) is 0.238. The maximum Gasteiger partial charge on any atom is 0.246 e. The molecular formula is C21H23N3O4S. The Hall–Kier alpha value is -3.13. The highest BCUT2D eigenvalue weighted by atomic mass is 32.2. The number of likely N-dealkylation sites (N-methyl/N-ethyl adjacent to an activating group) is 1. The van der Waals surface area contributed by atoms with Crippen molar-refractivity contribution < 1.29 is 17.6 Å². The molecule has 8 heteroatoms. The summed E-state index contributed by atoms with van der Waals surface area (Å²) in [6.45, 7) is 1.99. The standard InChI is InChI=1S/C21H23N3O4S/c1-16-9-11-19(28-16)21-17(15-24(22-21)18-7-5-4-6-8-18)10-12-20(25)23(2)13-14-29(3,26)27/h4-12,15H,13-14H2,1-3H3. The van der Waals surface area contributed by atoms with Crippen molar-refractivity contribution in [2.75, 3.05) is 25.6 Å². The van der Waals surface area contributed by atoms with E-state index in [0.29, 0.717) is 17.0 Å². The second-order valence-electron chi connectivity index (χ2n) is 6.85. The van der Waals surface area contributed by atoms with Crippen LogP contribution in [0.1, 0.15) is 11.3 Å². The topological polar surface area (TPSA) is 85.4 Å². The number of carbonyl (C=O) groups excluding carboxylic acids is 1. The van der Waals surface area contributed by atoms with Crippen LogP contribution in [0.4, 0.5) is 0 Å². The van der Waals surface area contributed by atoms with Gasteiger partial charge in [0.05, 0.1) is 11.4 Å². The van der Waals surface area contributed by atoms with Gasteiger partial charge in [-0.2, -0.15) is 5.10 Å². The smallest absolute Gasteiger partial charge is 0.246 e. The second kappa shape index (κ2) is 8.48. The van der Waals surface area contributed by atoms with Gasteiger partial charge in [0.2, 0.25) is 5.91 Å². The molecule has 29 heavy (non-hydrogen) atoms. The number of hydrogen-bond donors (Lipinski definition) is 0. The number of hydrogen-bond acceptors (Lipinski definition) is 5. The van der Waals surface area contributed by atoms with Crippen LogP contribution in [0.5, 0.6) is 0 Å². The molecule has 0 aliphatic heterocycles. The summed E-state index contributed by atoms with van der Waals surface area (Å²) in [4.78, 5) is 13.7. The molecule has 0 saturated heterocycles. The first-order chi connectivity index (χ1) is 13.7. The zero-order valence-electron chi connectivity index (χ0n) is 16.6. The highest BCUT2D eigenvalue weighted by Crippen LogP contribution is 2.26. The Morgan fingerprint density at radius 3 is 2.55 bits per heavy atom. The average Bonchev–Trinajstić information content (AvgIpc) is 3.30. The number of para-hydroxylation sites is 1. The first-order valence-corrected chi connectivity index (χ1v) is 11.1. The number of carbonyl (C=O) groups is 1. The number of nitrogens with zero attached hydrogens (tertiary/aromatic N) is 3. The van der Waals surface area contributed by atoms with Crippen molar-refractivity contribution in [3.05, 3.63) is 66.1 Å². The van der Waals surface area contributed by atoms with E-state index >= 15 is 0 Å². The number of rotatable bonds is 7. The van der Waals surface area contributed by atoms with Crippen LogP contribution in [-0.2, 0) is 14.6 Å². The van der Waals surface area contributed by atoms with Crippen LogP contribution in [0, 0.1) is 6.92 Å². The van der Waals surface area contributed by atoms with Crippen molar-refractivity contribution in [1.29, 1.82) is 0 Å². The number of sulfone groups is 1. The monoisotopic (exact) mass is 413 g/mol. The summed E-state index contributed by atoms with van der Waals surface area (Å²) in [5.74, 6) is 1.00. The molecule has 2 heterocycles. The number of furan rings is 1. The van der Waals surface area contributed by atoms with Crippen molar-refractivity contribution >= 4 is 21.8 Å². The van der Waals surface area contributed by atoms with Gasteiger partial charge in [0.25, 0.3) is 0 Å². The highest BCUT2D eigenvalue weighted by Gasteiger charge is 2.15. The van der Waals surface area contributed by atoms with Crippen LogP contribution in [-0.4, -0.2) is 54.6 Å². The van der Waals surface area contributed by atoms with Gasteiger partial charge in [-0.25, -0.2) is 13.1 Å². The van der Waals surface area contributed by atoms with Crippen LogP contribution in [0.2, 0.25) is 0 Å². The van der Waals surface area contributed by atoms with Gasteiger partial charge in [-0.05, 0) is 37.3 Å². The molecule has 7 nitrogen and oxygen atoms in total. The molecule has 3 rings (SSSR count). The average molecular weight is 413 g/mol. The number of benzene rings is 1. The zero-order chi connectivity index (χ0) is 21.0. The molecule has 1 amide bonds. The Labute approximate surface area is 170 Å². The number of amides is 1. The Bertz CT molecular complexity index is 1130. The Balaban J connectivity index is 1.88. The molecule has 3 aromatic rings. The molecule has 0 bridgehead atoms. The maximum atomic E-state index is 12.4. The molecule has 0 unspecified atom stereocenters. The molecule has 1 aromatic carbocycles. The van der Waals surface area contributed by atoms with E-state index in [1.807, 2.05) is 55.6 Å². The lowest BCUT2D eigenvalue weighted by atomic mass is 10.2. The summed E-state index contributed by atoms with van der Waals surface area (Å²) < 4.78 is 30.0. The minimum atomic E-state index is -3.13. The van der Waals surface area contributed by atoms with Gasteiger partial charge in [0.1, 0.15) is 21.3 Å². The van der Waals surface area contributed by atoms with Crippen LogP contribution in [0.15, 0.2) is 59.2 Å². The van der Waals surface area contributed by atoms with E-state index < -0.39 is 9.84 Å². The van der Waals surface area contributed by atoms with Crippen LogP contribution < -0.4 is 0 Å². The van der Waals surface area contributed by atoms with E-state index in [0.717, 1.165) is 17.7 Å². The minimum absolute atomic E-state index is 0.0774. The van der Waals surface area contributed by atoms with Gasteiger partial charge in [0, 0.05) is 37.7 Å². The molecule has 0 saturated carbocycles. The molecule has 0 aliphatic rings. The van der Waals surface area contributed by atoms with E-state index in [1.165, 1.54) is 11.0 Å². The first-order valence-electron chi connectivity index (χ1n) is 9.06. The van der Waals surface area contributed by atoms with Crippen molar-refractivity contribution in [1.82, 2.24) is 14.7 Å². The quantitative estimate of drug-likeness (QED) is 0.556. The van der Waals surface area contributed by atoms with Crippen molar-refractivity contribution in [3.63, 3.8) is 0 Å². The molecule has 0 N–H and O–H groups in total. The maximum absolute atomic E-state index is 12.4. The van der Waals surface area contributed by atoms with E-state index in [1.54, 1.807) is 17.8 Å². The summed E-state index contributed by atoms with van der Waals surface area (Å²) in [6, 6.07) is 13.3. The Morgan fingerprint density at radius 2 is 1.93 bits per heavy atom. The van der Waals surface area contributed by atoms with Crippen LogP contribution >= 0.6 is 0 Å². The Morgan fingerprint density at radius 1 is 1.21 bits per heavy atom. The summed E-state index contributed by atoms with van der Waals surface area (Å²) in [5, 5.41) is 4.62. The predicted octanol–water partition coefficient (Wildman–Crippen LogP) is 2.96. The van der Waals surface area contributed by atoms with E-state index in [9.17, 15) is 13.2 Å². The molecular weight excluding hydrogens is 390 g/mol. The molecule has 0 spiro atoms. The SMILES string of the molecule is Cc1ccc(-c2nn(-c3ccccc3)cc2C=CC(=O)N(C)CCS(C)(=O)=O)o1. The van der Waals surface area contributed by atoms with Crippen LogP contribution in [0.3, 0.4) is 0 Å². The number of aryl methyl sites for hydroxylation is 1.